The van der Waals surface area contributed by atoms with Crippen LogP contribution >= 0.6 is 0 Å². The third kappa shape index (κ3) is 4.52. The Balaban J connectivity index is 4.76. The van der Waals surface area contributed by atoms with Crippen molar-refractivity contribution in [1.29, 1.82) is 5.41 Å². The molecule has 0 bridgehead atoms. The van der Waals surface area contributed by atoms with Gasteiger partial charge in [0.05, 0.1) is 11.2 Å². The van der Waals surface area contributed by atoms with Crippen LogP contribution in [0.2, 0.25) is 0 Å². The summed E-state index contributed by atoms with van der Waals surface area (Å²) in [4.78, 5) is 0. The standard InChI is InChI=1S/C12H25BN2O2/c1-7-9(8-14)10(15-6)13-17-12(4,5)11(2,3)16/h8,13-16H,7H2,1-6H3/b10-9-,14-8?. The average molecular weight is 240 g/mol. The molecule has 0 amide bonds. The third-order valence-corrected chi connectivity index (χ3v) is 3.30. The van der Waals surface area contributed by atoms with Crippen LogP contribution < -0.4 is 5.32 Å². The highest BCUT2D eigenvalue weighted by Crippen LogP contribution is 2.25. The highest BCUT2D eigenvalue weighted by atomic mass is 16.5. The first kappa shape index (κ1) is 16.2. The van der Waals surface area contributed by atoms with Crippen LogP contribution in [0.1, 0.15) is 41.0 Å². The van der Waals surface area contributed by atoms with Crippen LogP contribution in [0.15, 0.2) is 11.2 Å². The second kappa shape index (κ2) is 6.22. The van der Waals surface area contributed by atoms with Crippen LogP contribution in [0.4, 0.5) is 0 Å². The van der Waals surface area contributed by atoms with Crippen LogP contribution in [-0.4, -0.2) is 37.1 Å². The monoisotopic (exact) mass is 240 g/mol. The minimum atomic E-state index is -0.914. The Labute approximate surface area is 105 Å². The Morgan fingerprint density at radius 3 is 2.24 bits per heavy atom. The van der Waals surface area contributed by atoms with Crippen molar-refractivity contribution < 1.29 is 9.76 Å². The Kier molecular flexibility index (Phi) is 5.92. The van der Waals surface area contributed by atoms with Gasteiger partial charge < -0.3 is 20.5 Å². The summed E-state index contributed by atoms with van der Waals surface area (Å²) in [5.74, 6) is 0. The number of hydrogen-bond donors (Lipinski definition) is 3. The fourth-order valence-electron chi connectivity index (χ4n) is 1.16. The molecule has 4 nitrogen and oxygen atoms in total. The van der Waals surface area contributed by atoms with Crippen LogP contribution in [0.3, 0.4) is 0 Å². The number of hydrogen-bond acceptors (Lipinski definition) is 4. The van der Waals surface area contributed by atoms with Crippen LogP contribution in [0.5, 0.6) is 0 Å². The van der Waals surface area contributed by atoms with Gasteiger partial charge in [-0.3, -0.25) is 0 Å². The van der Waals surface area contributed by atoms with Crippen LogP contribution in [0, 0.1) is 5.41 Å². The molecule has 0 aromatic heterocycles. The fraction of sp³-hybridized carbons (Fsp3) is 0.750. The number of aliphatic hydroxyl groups is 1. The molecule has 0 aromatic carbocycles. The van der Waals surface area contributed by atoms with Gasteiger partial charge >= 0.3 is 7.48 Å². The Morgan fingerprint density at radius 1 is 1.41 bits per heavy atom. The lowest BCUT2D eigenvalue weighted by Crippen LogP contribution is -2.48. The largest absolute Gasteiger partial charge is 0.425 e. The number of rotatable bonds is 7. The zero-order chi connectivity index (χ0) is 13.7. The van der Waals surface area contributed by atoms with Gasteiger partial charge in [-0.25, -0.2) is 0 Å². The normalized spacial score (nSPS) is 14.1. The van der Waals surface area contributed by atoms with E-state index in [2.05, 4.69) is 5.32 Å². The van der Waals surface area contributed by atoms with Gasteiger partial charge in [0.15, 0.2) is 0 Å². The van der Waals surface area contributed by atoms with Gasteiger partial charge in [0.1, 0.15) is 0 Å². The maximum atomic E-state index is 9.98. The van der Waals surface area contributed by atoms with E-state index in [1.54, 1.807) is 13.8 Å². The topological polar surface area (TPSA) is 65.3 Å². The molecule has 0 spiro atoms. The van der Waals surface area contributed by atoms with E-state index in [1.807, 2.05) is 27.8 Å². The van der Waals surface area contributed by atoms with Gasteiger partial charge in [-0.2, -0.15) is 0 Å². The van der Waals surface area contributed by atoms with E-state index >= 15 is 0 Å². The first-order chi connectivity index (χ1) is 7.69. The third-order valence-electron chi connectivity index (χ3n) is 3.30. The quantitative estimate of drug-likeness (QED) is 0.465. The molecule has 0 aliphatic carbocycles. The molecule has 0 aliphatic heterocycles. The van der Waals surface area contributed by atoms with E-state index in [1.165, 1.54) is 6.21 Å². The molecule has 17 heavy (non-hydrogen) atoms. The summed E-state index contributed by atoms with van der Waals surface area (Å²) in [6.07, 6.45) is 2.12. The Morgan fingerprint density at radius 2 is 1.94 bits per heavy atom. The second-order valence-electron chi connectivity index (χ2n) is 5.11. The first-order valence-corrected chi connectivity index (χ1v) is 5.96. The minimum Gasteiger partial charge on any atom is -0.425 e. The molecule has 0 atom stereocenters. The Hall–Kier alpha value is -0.805. The van der Waals surface area contributed by atoms with E-state index in [9.17, 15) is 5.11 Å². The van der Waals surface area contributed by atoms with Crippen molar-refractivity contribution in [2.75, 3.05) is 7.05 Å². The molecule has 5 heteroatoms. The highest BCUT2D eigenvalue weighted by molar-refractivity contribution is 6.39. The van der Waals surface area contributed by atoms with Gasteiger partial charge in [-0.1, -0.05) is 6.92 Å². The summed E-state index contributed by atoms with van der Waals surface area (Å²) >= 11 is 0. The lowest BCUT2D eigenvalue weighted by Gasteiger charge is -2.38. The maximum absolute atomic E-state index is 9.98. The summed E-state index contributed by atoms with van der Waals surface area (Å²) in [5, 5.41) is 20.4. The summed E-state index contributed by atoms with van der Waals surface area (Å²) in [5.41, 5.74) is 0.248. The average Bonchev–Trinajstić information content (AvgIpc) is 2.22. The molecular weight excluding hydrogens is 215 g/mol. The summed E-state index contributed by atoms with van der Waals surface area (Å²) in [7, 11) is 2.18. The molecule has 0 unspecified atom stereocenters. The molecule has 98 valence electrons. The summed E-state index contributed by atoms with van der Waals surface area (Å²) in [6, 6.07) is 0. The molecule has 0 rings (SSSR count). The van der Waals surface area contributed by atoms with E-state index in [0.717, 1.165) is 17.6 Å². The predicted molar refractivity (Wildman–Crippen MR) is 73.8 cm³/mol. The van der Waals surface area contributed by atoms with Gasteiger partial charge in [-0.05, 0) is 39.7 Å². The van der Waals surface area contributed by atoms with Gasteiger partial charge in [-0.15, -0.1) is 0 Å². The smallest absolute Gasteiger partial charge is 0.325 e. The zero-order valence-corrected chi connectivity index (χ0v) is 11.8. The summed E-state index contributed by atoms with van der Waals surface area (Å²) in [6.45, 7) is 9.17. The van der Waals surface area contributed by atoms with Gasteiger partial charge in [0, 0.05) is 18.9 Å². The predicted octanol–water partition coefficient (Wildman–Crippen LogP) is 1.39. The summed E-state index contributed by atoms with van der Waals surface area (Å²) < 4.78 is 5.76. The fourth-order valence-corrected chi connectivity index (χ4v) is 1.16. The molecule has 0 heterocycles. The van der Waals surface area contributed by atoms with E-state index in [-0.39, 0.29) is 0 Å². The minimum absolute atomic E-state index is 0.367. The van der Waals surface area contributed by atoms with E-state index in [4.69, 9.17) is 10.1 Å². The molecule has 0 saturated heterocycles. The van der Waals surface area contributed by atoms with Crippen molar-refractivity contribution in [3.05, 3.63) is 11.2 Å². The highest BCUT2D eigenvalue weighted by Gasteiger charge is 2.35. The van der Waals surface area contributed by atoms with Gasteiger partial charge in [0.2, 0.25) is 0 Å². The number of allylic oxidation sites excluding steroid dienone is 1. The lowest BCUT2D eigenvalue weighted by atomic mass is 9.83. The molecule has 0 radical (unpaired) electrons. The number of nitrogens with one attached hydrogen (secondary N) is 2. The van der Waals surface area contributed by atoms with Crippen molar-refractivity contribution in [2.24, 2.45) is 0 Å². The molecule has 0 fully saturated rings. The SMILES string of the molecule is CC/C(C=N)=C(\BOC(C)(C)C(C)(C)O)NC. The van der Waals surface area contributed by atoms with Crippen molar-refractivity contribution >= 4 is 13.7 Å². The van der Waals surface area contributed by atoms with Crippen molar-refractivity contribution in [2.45, 2.75) is 52.2 Å². The van der Waals surface area contributed by atoms with Crippen molar-refractivity contribution in [1.82, 2.24) is 5.32 Å². The van der Waals surface area contributed by atoms with Crippen molar-refractivity contribution in [3.63, 3.8) is 0 Å². The second-order valence-corrected chi connectivity index (χ2v) is 5.11. The molecule has 0 aliphatic rings. The maximum Gasteiger partial charge on any atom is 0.325 e. The van der Waals surface area contributed by atoms with E-state index in [0.29, 0.717) is 7.48 Å². The lowest BCUT2D eigenvalue weighted by molar-refractivity contribution is -0.0898. The van der Waals surface area contributed by atoms with E-state index < -0.39 is 11.2 Å². The van der Waals surface area contributed by atoms with Gasteiger partial charge in [0.25, 0.3) is 0 Å². The van der Waals surface area contributed by atoms with Crippen LogP contribution in [-0.2, 0) is 4.65 Å². The van der Waals surface area contributed by atoms with Crippen LogP contribution in [0.25, 0.3) is 0 Å². The molecule has 3 N–H and O–H groups in total. The molecule has 0 aromatic rings. The Bertz CT molecular complexity index is 293. The van der Waals surface area contributed by atoms with Crippen molar-refractivity contribution in [3.8, 4) is 0 Å². The zero-order valence-electron chi connectivity index (χ0n) is 11.8. The molecule has 0 saturated carbocycles. The first-order valence-electron chi connectivity index (χ1n) is 5.96. The molecular formula is C12H25BN2O2.